The van der Waals surface area contributed by atoms with Gasteiger partial charge in [-0.15, -0.1) is 0 Å². The van der Waals surface area contributed by atoms with Gasteiger partial charge in [-0.25, -0.2) is 4.98 Å². The number of carbonyl (C=O) groups excluding carboxylic acids is 1. The second kappa shape index (κ2) is 11.5. The molecule has 0 aliphatic heterocycles. The lowest BCUT2D eigenvalue weighted by molar-refractivity contribution is -0.143. The first-order valence-corrected chi connectivity index (χ1v) is 9.66. The molecule has 154 valence electrons. The molecule has 0 aliphatic carbocycles. The van der Waals surface area contributed by atoms with Crippen LogP contribution in [0.1, 0.15) is 44.5 Å². The molecule has 28 heavy (non-hydrogen) atoms. The third kappa shape index (κ3) is 6.07. The number of carbonyl (C=O) groups is 1. The fraction of sp³-hybridized carbons (Fsp3) is 0.524. The van der Waals surface area contributed by atoms with Crippen molar-refractivity contribution >= 4 is 5.97 Å². The molecule has 0 bridgehead atoms. The Balaban J connectivity index is 2.14. The van der Waals surface area contributed by atoms with Crippen molar-refractivity contribution in [3.8, 4) is 5.75 Å². The van der Waals surface area contributed by atoms with E-state index < -0.39 is 0 Å². The van der Waals surface area contributed by atoms with Crippen molar-refractivity contribution in [3.63, 3.8) is 0 Å². The molecule has 1 aromatic carbocycles. The average Bonchev–Trinajstić information content (AvgIpc) is 3.25. The molecule has 0 saturated heterocycles. The van der Waals surface area contributed by atoms with Gasteiger partial charge in [-0.2, -0.15) is 0 Å². The van der Waals surface area contributed by atoms with Crippen LogP contribution in [0.15, 0.2) is 43.0 Å². The van der Waals surface area contributed by atoms with Gasteiger partial charge in [0.05, 0.1) is 20.0 Å². The minimum absolute atomic E-state index is 0.0859. The van der Waals surface area contributed by atoms with Gasteiger partial charge in [-0.3, -0.25) is 9.69 Å². The maximum atomic E-state index is 11.8. The normalized spacial score (nSPS) is 13.3. The van der Waals surface area contributed by atoms with Crippen LogP contribution in [-0.2, 0) is 14.3 Å². The molecular formula is C21H31N3O4. The Hall–Kier alpha value is -2.38. The van der Waals surface area contributed by atoms with Crippen molar-refractivity contribution in [3.05, 3.63) is 48.5 Å². The smallest absolute Gasteiger partial charge is 0.305 e. The van der Waals surface area contributed by atoms with Gasteiger partial charge in [0.1, 0.15) is 12.0 Å². The maximum absolute atomic E-state index is 11.8. The molecule has 2 atom stereocenters. The van der Waals surface area contributed by atoms with Gasteiger partial charge in [0.15, 0.2) is 0 Å². The van der Waals surface area contributed by atoms with Crippen LogP contribution in [0.3, 0.4) is 0 Å². The van der Waals surface area contributed by atoms with Crippen molar-refractivity contribution < 1.29 is 19.0 Å². The summed E-state index contributed by atoms with van der Waals surface area (Å²) in [5.74, 6) is 0.640. The van der Waals surface area contributed by atoms with Crippen LogP contribution >= 0.6 is 0 Å². The third-order valence-corrected chi connectivity index (χ3v) is 4.74. The lowest BCUT2D eigenvalue weighted by Gasteiger charge is -2.33. The van der Waals surface area contributed by atoms with E-state index in [1.54, 1.807) is 26.7 Å². The molecule has 1 heterocycles. The minimum Gasteiger partial charge on any atom is -0.497 e. The predicted molar refractivity (Wildman–Crippen MR) is 107 cm³/mol. The summed E-state index contributed by atoms with van der Waals surface area (Å²) in [6, 6.07) is 7.98. The van der Waals surface area contributed by atoms with Crippen molar-refractivity contribution in [2.45, 2.75) is 39.0 Å². The number of likely N-dealkylation sites (N-methyl/N-ethyl adjacent to an activating group) is 1. The van der Waals surface area contributed by atoms with Crippen LogP contribution in [-0.4, -0.2) is 54.3 Å². The SMILES string of the molecule is CCOC(=O)CCC(CN(CC)C(OC)c1ccc(OC)cc1)n1ccnc1. The number of hydrogen-bond acceptors (Lipinski definition) is 6. The van der Waals surface area contributed by atoms with Gasteiger partial charge >= 0.3 is 5.97 Å². The van der Waals surface area contributed by atoms with E-state index in [4.69, 9.17) is 14.2 Å². The summed E-state index contributed by atoms with van der Waals surface area (Å²) in [6.07, 6.45) is 6.33. The summed E-state index contributed by atoms with van der Waals surface area (Å²) < 4.78 is 18.2. The van der Waals surface area contributed by atoms with Crippen LogP contribution in [0.2, 0.25) is 0 Å². The molecule has 2 aromatic rings. The Morgan fingerprint density at radius 2 is 1.96 bits per heavy atom. The number of methoxy groups -OCH3 is 2. The monoisotopic (exact) mass is 389 g/mol. The van der Waals surface area contributed by atoms with Crippen LogP contribution in [0, 0.1) is 0 Å². The summed E-state index contributed by atoms with van der Waals surface area (Å²) in [4.78, 5) is 18.3. The summed E-state index contributed by atoms with van der Waals surface area (Å²) in [6.45, 7) is 5.85. The van der Waals surface area contributed by atoms with E-state index in [2.05, 4.69) is 16.8 Å². The van der Waals surface area contributed by atoms with E-state index in [1.807, 2.05) is 42.0 Å². The van der Waals surface area contributed by atoms with Crippen LogP contribution in [0.4, 0.5) is 0 Å². The fourth-order valence-electron chi connectivity index (χ4n) is 3.26. The molecule has 0 aliphatic rings. The van der Waals surface area contributed by atoms with Gasteiger partial charge in [0.2, 0.25) is 0 Å². The standard InChI is InChI=1S/C21H31N3O4/c1-5-23(21(27-4)17-7-10-19(26-3)11-8-17)15-18(24-14-13-22-16-24)9-12-20(25)28-6-2/h7-8,10-11,13-14,16,18,21H,5-6,9,12,15H2,1-4H3. The Morgan fingerprint density at radius 1 is 1.21 bits per heavy atom. The molecule has 7 heteroatoms. The zero-order valence-corrected chi connectivity index (χ0v) is 17.2. The van der Waals surface area contributed by atoms with Crippen LogP contribution in [0.5, 0.6) is 5.75 Å². The second-order valence-corrected chi connectivity index (χ2v) is 6.46. The lowest BCUT2D eigenvalue weighted by Crippen LogP contribution is -2.35. The second-order valence-electron chi connectivity index (χ2n) is 6.46. The Labute approximate surface area is 167 Å². The number of esters is 1. The first-order valence-electron chi connectivity index (χ1n) is 9.66. The highest BCUT2D eigenvalue weighted by Gasteiger charge is 2.24. The highest BCUT2D eigenvalue weighted by atomic mass is 16.5. The number of aromatic nitrogens is 2. The summed E-state index contributed by atoms with van der Waals surface area (Å²) >= 11 is 0. The van der Waals surface area contributed by atoms with Crippen LogP contribution < -0.4 is 4.74 Å². The van der Waals surface area contributed by atoms with Crippen molar-refractivity contribution in [1.82, 2.24) is 14.5 Å². The molecule has 0 radical (unpaired) electrons. The van der Waals surface area contributed by atoms with E-state index in [9.17, 15) is 4.79 Å². The van der Waals surface area contributed by atoms with E-state index in [0.717, 1.165) is 24.4 Å². The topological polar surface area (TPSA) is 65.8 Å². The summed E-state index contributed by atoms with van der Waals surface area (Å²) in [5, 5.41) is 0. The molecule has 7 nitrogen and oxygen atoms in total. The Morgan fingerprint density at radius 3 is 2.50 bits per heavy atom. The summed E-state index contributed by atoms with van der Waals surface area (Å²) in [7, 11) is 3.36. The highest BCUT2D eigenvalue weighted by Crippen LogP contribution is 2.26. The maximum Gasteiger partial charge on any atom is 0.305 e. The van der Waals surface area contributed by atoms with E-state index in [-0.39, 0.29) is 18.2 Å². The molecule has 0 amide bonds. The number of nitrogens with zero attached hydrogens (tertiary/aromatic N) is 3. The zero-order chi connectivity index (χ0) is 20.4. The third-order valence-electron chi connectivity index (χ3n) is 4.74. The number of imidazole rings is 1. The first-order chi connectivity index (χ1) is 13.6. The van der Waals surface area contributed by atoms with Gasteiger partial charge in [-0.1, -0.05) is 19.1 Å². The molecule has 1 aromatic heterocycles. The number of hydrogen-bond donors (Lipinski definition) is 0. The van der Waals surface area contributed by atoms with Gasteiger partial charge in [-0.05, 0) is 37.6 Å². The molecule has 2 unspecified atom stereocenters. The van der Waals surface area contributed by atoms with Crippen LogP contribution in [0.25, 0.3) is 0 Å². The Kier molecular flexibility index (Phi) is 8.97. The number of rotatable bonds is 12. The van der Waals surface area contributed by atoms with E-state index in [1.165, 1.54) is 0 Å². The average molecular weight is 389 g/mol. The molecule has 2 rings (SSSR count). The van der Waals surface area contributed by atoms with E-state index >= 15 is 0 Å². The largest absolute Gasteiger partial charge is 0.497 e. The van der Waals surface area contributed by atoms with E-state index in [0.29, 0.717) is 19.4 Å². The highest BCUT2D eigenvalue weighted by molar-refractivity contribution is 5.69. The van der Waals surface area contributed by atoms with Gasteiger partial charge in [0.25, 0.3) is 0 Å². The number of ether oxygens (including phenoxy) is 3. The first kappa shape index (κ1) is 21.9. The predicted octanol–water partition coefficient (Wildman–Crippen LogP) is 3.44. The lowest BCUT2D eigenvalue weighted by atomic mass is 10.1. The molecule has 0 fully saturated rings. The minimum atomic E-state index is -0.190. The van der Waals surface area contributed by atoms with Crippen molar-refractivity contribution in [2.24, 2.45) is 0 Å². The Bertz CT molecular complexity index is 688. The van der Waals surface area contributed by atoms with Crippen molar-refractivity contribution in [2.75, 3.05) is 33.9 Å². The molecule has 0 N–H and O–H groups in total. The zero-order valence-electron chi connectivity index (χ0n) is 17.2. The van der Waals surface area contributed by atoms with Gasteiger partial charge < -0.3 is 18.8 Å². The molecular weight excluding hydrogens is 358 g/mol. The quantitative estimate of drug-likeness (QED) is 0.409. The fourth-order valence-corrected chi connectivity index (χ4v) is 3.26. The number of benzene rings is 1. The molecule has 0 spiro atoms. The van der Waals surface area contributed by atoms with Gasteiger partial charge in [0, 0.05) is 38.5 Å². The summed E-state index contributed by atoms with van der Waals surface area (Å²) in [5.41, 5.74) is 1.06. The van der Waals surface area contributed by atoms with Crippen molar-refractivity contribution in [1.29, 1.82) is 0 Å². The molecule has 0 saturated carbocycles.